The molecule has 0 aliphatic heterocycles. The number of carbonyl (C=O) groups excluding carboxylic acids is 2. The van der Waals surface area contributed by atoms with Crippen LogP contribution < -0.4 is 15.9 Å². The number of nitrogens with zero attached hydrogens (tertiary/aromatic N) is 4. The van der Waals surface area contributed by atoms with Gasteiger partial charge in [-0.25, -0.2) is 25.1 Å². The number of rotatable bonds is 13. The van der Waals surface area contributed by atoms with Crippen LogP contribution in [0.3, 0.4) is 0 Å². The molecule has 0 bridgehead atoms. The van der Waals surface area contributed by atoms with Crippen molar-refractivity contribution in [1.82, 2.24) is 29.7 Å². The van der Waals surface area contributed by atoms with Gasteiger partial charge in [0.1, 0.15) is 41.5 Å². The quantitative estimate of drug-likeness (QED) is 0.181. The van der Waals surface area contributed by atoms with E-state index in [4.69, 9.17) is 19.9 Å². The van der Waals surface area contributed by atoms with E-state index in [1.54, 1.807) is 38.6 Å². The van der Waals surface area contributed by atoms with E-state index < -0.39 is 36.6 Å². The molecular formula is C33H56N7O6P. The van der Waals surface area contributed by atoms with Crippen molar-refractivity contribution in [3.63, 3.8) is 0 Å². The van der Waals surface area contributed by atoms with Gasteiger partial charge in [-0.15, -0.1) is 0 Å². The van der Waals surface area contributed by atoms with Crippen molar-refractivity contribution in [3.05, 3.63) is 12.7 Å². The van der Waals surface area contributed by atoms with Crippen LogP contribution in [0, 0.1) is 22.7 Å². The van der Waals surface area contributed by atoms with E-state index in [2.05, 4.69) is 66.7 Å². The third-order valence-corrected chi connectivity index (χ3v) is 11.9. The van der Waals surface area contributed by atoms with Crippen molar-refractivity contribution >= 4 is 36.4 Å². The van der Waals surface area contributed by atoms with Crippen molar-refractivity contribution in [2.24, 2.45) is 22.7 Å². The highest BCUT2D eigenvalue weighted by Crippen LogP contribution is 2.46. The second-order valence-electron chi connectivity index (χ2n) is 16.8. The van der Waals surface area contributed by atoms with Gasteiger partial charge < -0.3 is 24.5 Å². The molecule has 0 aromatic carbocycles. The lowest BCUT2D eigenvalue weighted by molar-refractivity contribution is -0.164. The normalized spacial score (nSPS) is 23.1. The molecule has 0 saturated heterocycles. The first-order valence-electron chi connectivity index (χ1n) is 16.6. The van der Waals surface area contributed by atoms with Crippen LogP contribution >= 0.6 is 7.44 Å². The van der Waals surface area contributed by atoms with Crippen molar-refractivity contribution in [2.75, 3.05) is 12.1 Å². The van der Waals surface area contributed by atoms with E-state index in [1.165, 1.54) is 6.33 Å². The third-order valence-electron chi connectivity index (χ3n) is 9.55. The van der Waals surface area contributed by atoms with Crippen molar-refractivity contribution in [3.8, 4) is 0 Å². The number of carbonyl (C=O) groups is 2. The minimum absolute atomic E-state index is 0.139. The predicted molar refractivity (Wildman–Crippen MR) is 181 cm³/mol. The molecule has 2 aliphatic rings. The summed E-state index contributed by atoms with van der Waals surface area (Å²) in [6.45, 7) is 21.8. The van der Waals surface area contributed by atoms with Crippen LogP contribution in [0.5, 0.6) is 0 Å². The zero-order chi connectivity index (χ0) is 35.2. The minimum atomic E-state index is -3.81. The summed E-state index contributed by atoms with van der Waals surface area (Å²) < 4.78 is 34.3. The second-order valence-corrected chi connectivity index (χ2v) is 19.0. The maximum atomic E-state index is 14.7. The Balaban J connectivity index is 1.45. The first-order chi connectivity index (χ1) is 21.5. The van der Waals surface area contributed by atoms with Gasteiger partial charge in [-0.2, -0.15) is 0 Å². The molecule has 264 valence electrons. The molecule has 2 saturated carbocycles. The maximum Gasteiger partial charge on any atom is 0.326 e. The van der Waals surface area contributed by atoms with Crippen LogP contribution in [0.2, 0.25) is 0 Å². The van der Waals surface area contributed by atoms with E-state index in [-0.39, 0.29) is 35.2 Å². The van der Waals surface area contributed by atoms with Gasteiger partial charge in [0, 0.05) is 0 Å². The fourth-order valence-corrected chi connectivity index (χ4v) is 8.65. The number of fused-ring (bicyclic) bond motifs is 1. The number of imidazole rings is 1. The van der Waals surface area contributed by atoms with E-state index in [0.29, 0.717) is 29.5 Å². The topological polar surface area (TPSA) is 173 Å². The van der Waals surface area contributed by atoms with E-state index in [0.717, 1.165) is 25.7 Å². The number of ether oxygens (including phenoxy) is 3. The highest BCUT2D eigenvalue weighted by molar-refractivity contribution is 7.59. The van der Waals surface area contributed by atoms with Crippen molar-refractivity contribution in [1.29, 1.82) is 0 Å². The molecule has 2 aromatic heterocycles. The highest BCUT2D eigenvalue weighted by atomic mass is 31.2. The van der Waals surface area contributed by atoms with E-state index >= 15 is 0 Å². The summed E-state index contributed by atoms with van der Waals surface area (Å²) in [7, 11) is -3.81. The van der Waals surface area contributed by atoms with E-state index in [1.807, 2.05) is 6.92 Å². The average Bonchev–Trinajstić information content (AvgIpc) is 3.28. The van der Waals surface area contributed by atoms with E-state index in [9.17, 15) is 14.2 Å². The molecule has 4 N–H and O–H groups in total. The molecule has 13 nitrogen and oxygen atoms in total. The zero-order valence-electron chi connectivity index (χ0n) is 30.0. The summed E-state index contributed by atoms with van der Waals surface area (Å²) in [5, 5.41) is 6.03. The van der Waals surface area contributed by atoms with Gasteiger partial charge in [0.2, 0.25) is 7.44 Å². The molecule has 1 atom stereocenters. The van der Waals surface area contributed by atoms with Crippen LogP contribution in [0.15, 0.2) is 12.7 Å². The first kappa shape index (κ1) is 37.2. The Labute approximate surface area is 279 Å². The Bertz CT molecular complexity index is 1420. The van der Waals surface area contributed by atoms with Gasteiger partial charge in [-0.3, -0.25) is 14.2 Å². The SMILES string of the molecule is C[C@H](Cn1cnc2c(N)ncnc21)OCP(=O)(NC(C)(C)C(=O)O[C@H]1C[C@H](C(C)(C)C)C1)NC(C)(C)C(=O)O[C@H]1C[C@H](C(C)(C)C)C1. The molecule has 47 heavy (non-hydrogen) atoms. The summed E-state index contributed by atoms with van der Waals surface area (Å²) in [4.78, 5) is 39.4. The molecule has 2 aliphatic carbocycles. The Kier molecular flexibility index (Phi) is 10.6. The number of nitrogens with one attached hydrogen (secondary N) is 2. The first-order valence-corrected chi connectivity index (χ1v) is 18.5. The lowest BCUT2D eigenvalue weighted by Crippen LogP contribution is -2.55. The van der Waals surface area contributed by atoms with Crippen LogP contribution in [-0.4, -0.2) is 67.2 Å². The number of anilines is 1. The number of hydrogen-bond acceptors (Lipinski definition) is 10. The van der Waals surface area contributed by atoms with Gasteiger partial charge >= 0.3 is 11.9 Å². The molecule has 0 radical (unpaired) electrons. The monoisotopic (exact) mass is 677 g/mol. The minimum Gasteiger partial charge on any atom is -0.461 e. The molecule has 0 unspecified atom stereocenters. The molecule has 0 amide bonds. The lowest BCUT2D eigenvalue weighted by atomic mass is 9.67. The third kappa shape index (κ3) is 9.10. The summed E-state index contributed by atoms with van der Waals surface area (Å²) in [6.07, 6.45) is 4.96. The molecule has 14 heteroatoms. The lowest BCUT2D eigenvalue weighted by Gasteiger charge is -2.44. The summed E-state index contributed by atoms with van der Waals surface area (Å²) >= 11 is 0. The van der Waals surface area contributed by atoms with Crippen LogP contribution in [0.25, 0.3) is 11.2 Å². The van der Waals surface area contributed by atoms with Gasteiger partial charge in [-0.1, -0.05) is 41.5 Å². The summed E-state index contributed by atoms with van der Waals surface area (Å²) in [5.74, 6) is 0.173. The predicted octanol–water partition coefficient (Wildman–Crippen LogP) is 5.44. The Morgan fingerprint density at radius 2 is 1.34 bits per heavy atom. The molecule has 4 rings (SSSR count). The fraction of sp³-hybridized carbons (Fsp3) is 0.788. The Morgan fingerprint density at radius 3 is 1.79 bits per heavy atom. The molecular weight excluding hydrogens is 621 g/mol. The van der Waals surface area contributed by atoms with Gasteiger partial charge in [0.05, 0.1) is 19.0 Å². The number of aromatic nitrogens is 4. The van der Waals surface area contributed by atoms with Gasteiger partial charge in [-0.05, 0) is 83.0 Å². The van der Waals surface area contributed by atoms with Crippen LogP contribution in [0.1, 0.15) is 102 Å². The highest BCUT2D eigenvalue weighted by Gasteiger charge is 2.47. The largest absolute Gasteiger partial charge is 0.461 e. The molecule has 2 heterocycles. The van der Waals surface area contributed by atoms with Crippen molar-refractivity contribution in [2.45, 2.75) is 138 Å². The molecule has 2 fully saturated rings. The summed E-state index contributed by atoms with van der Waals surface area (Å²) in [5.41, 5.74) is 4.53. The van der Waals surface area contributed by atoms with Crippen LogP contribution in [-0.2, 0) is 34.9 Å². The Morgan fingerprint density at radius 1 is 0.872 bits per heavy atom. The number of hydrogen-bond donors (Lipinski definition) is 3. The average molecular weight is 678 g/mol. The maximum absolute atomic E-state index is 14.7. The number of esters is 2. The fourth-order valence-electron chi connectivity index (χ4n) is 6.02. The number of nitrogens with two attached hydrogens (primary N) is 1. The standard InChI is InChI=1S/C33H56N7O6P/c1-20(16-40-18-37-25-26(34)35-17-36-27(25)40)44-19-47(43,38-32(8,9)28(41)45-23-12-21(13-23)30(2,3)4)39-33(10,11)29(42)46-24-14-22(15-24)31(5,6)7/h17-18,20-24H,12-16,19H2,1-11H3,(H2,34,35,36)(H2,38,39,43)/t20-,21-,22-,23-,24-/m1/s1. The summed E-state index contributed by atoms with van der Waals surface area (Å²) in [6, 6.07) is 0. The Hall–Kier alpha value is -2.60. The smallest absolute Gasteiger partial charge is 0.326 e. The number of nitrogen functional groups attached to an aromatic ring is 1. The zero-order valence-corrected chi connectivity index (χ0v) is 30.9. The molecule has 2 aromatic rings. The molecule has 0 spiro atoms. The van der Waals surface area contributed by atoms with Gasteiger partial charge in [0.15, 0.2) is 11.5 Å². The second kappa shape index (κ2) is 13.4. The van der Waals surface area contributed by atoms with Gasteiger partial charge in [0.25, 0.3) is 0 Å². The van der Waals surface area contributed by atoms with Crippen molar-refractivity contribution < 1.29 is 28.4 Å². The van der Waals surface area contributed by atoms with Crippen LogP contribution in [0.4, 0.5) is 5.82 Å².